The normalized spacial score (nSPS) is 13.1. The van der Waals surface area contributed by atoms with E-state index in [1.807, 2.05) is 13.1 Å². The molecule has 0 aliphatic rings. The van der Waals surface area contributed by atoms with Crippen LogP contribution in [0, 0.1) is 6.92 Å². The summed E-state index contributed by atoms with van der Waals surface area (Å²) in [5.74, 6) is 1.31. The lowest BCUT2D eigenvalue weighted by molar-refractivity contribution is 0.488. The van der Waals surface area contributed by atoms with Crippen LogP contribution in [-0.2, 0) is 0 Å². The molecule has 3 aromatic rings. The fraction of sp³-hybridized carbons (Fsp3) is 0.214. The van der Waals surface area contributed by atoms with Crippen LogP contribution < -0.4 is 5.73 Å². The van der Waals surface area contributed by atoms with Crippen molar-refractivity contribution in [2.24, 2.45) is 5.73 Å². The summed E-state index contributed by atoms with van der Waals surface area (Å²) in [6, 6.07) is 6.12. The molecule has 0 fully saturated rings. The number of aromatic amines is 1. The average molecular weight is 241 g/mol. The maximum Gasteiger partial charge on any atom is 0.228 e. The Labute approximate surface area is 105 Å². The number of fused-ring (bicyclic) bond motifs is 1. The standard InChI is InChI=1S/C14H15N3O/c1-8-3-4-12-10(5-8)11(6-16-12)14-17-7-13(18-14)9(2)15/h3-7,9,16H,15H2,1-2H3. The van der Waals surface area contributed by atoms with Gasteiger partial charge in [-0.1, -0.05) is 11.6 Å². The zero-order valence-electron chi connectivity index (χ0n) is 10.4. The average Bonchev–Trinajstić information content (AvgIpc) is 2.93. The highest BCUT2D eigenvalue weighted by atomic mass is 16.4. The molecule has 0 amide bonds. The molecule has 0 aliphatic carbocycles. The van der Waals surface area contributed by atoms with Crippen LogP contribution in [0.3, 0.4) is 0 Å². The zero-order chi connectivity index (χ0) is 12.7. The van der Waals surface area contributed by atoms with Crippen LogP contribution in [0.1, 0.15) is 24.3 Å². The molecule has 1 atom stereocenters. The maximum absolute atomic E-state index is 5.78. The van der Waals surface area contributed by atoms with Crippen LogP contribution in [0.4, 0.5) is 0 Å². The Morgan fingerprint density at radius 1 is 1.39 bits per heavy atom. The Morgan fingerprint density at radius 3 is 2.94 bits per heavy atom. The van der Waals surface area contributed by atoms with Crippen LogP contribution in [0.2, 0.25) is 0 Å². The second-order valence-electron chi connectivity index (χ2n) is 4.61. The lowest BCUT2D eigenvalue weighted by Crippen LogP contribution is -2.02. The van der Waals surface area contributed by atoms with Gasteiger partial charge in [-0.15, -0.1) is 0 Å². The fourth-order valence-electron chi connectivity index (χ4n) is 2.03. The van der Waals surface area contributed by atoms with E-state index in [0.717, 1.165) is 16.5 Å². The van der Waals surface area contributed by atoms with Gasteiger partial charge in [0.2, 0.25) is 5.89 Å². The van der Waals surface area contributed by atoms with E-state index >= 15 is 0 Å². The molecular formula is C14H15N3O. The topological polar surface area (TPSA) is 67.8 Å². The van der Waals surface area contributed by atoms with Crippen molar-refractivity contribution < 1.29 is 4.42 Å². The minimum atomic E-state index is -0.141. The highest BCUT2D eigenvalue weighted by molar-refractivity contribution is 5.93. The quantitative estimate of drug-likeness (QED) is 0.724. The van der Waals surface area contributed by atoms with Crippen molar-refractivity contribution in [1.29, 1.82) is 0 Å². The maximum atomic E-state index is 5.78. The van der Waals surface area contributed by atoms with Crippen molar-refractivity contribution in [2.75, 3.05) is 0 Å². The second-order valence-corrected chi connectivity index (χ2v) is 4.61. The lowest BCUT2D eigenvalue weighted by Gasteiger charge is -1.98. The Bertz CT molecular complexity index is 694. The molecule has 3 N–H and O–H groups in total. The predicted octanol–water partition coefficient (Wildman–Crippen LogP) is 3.15. The van der Waals surface area contributed by atoms with Gasteiger partial charge in [0.05, 0.1) is 17.8 Å². The summed E-state index contributed by atoms with van der Waals surface area (Å²) < 4.78 is 5.68. The first-order chi connectivity index (χ1) is 8.65. The molecular weight excluding hydrogens is 226 g/mol. The SMILES string of the molecule is Cc1ccc2[nH]cc(-c3ncc(C(C)N)o3)c2c1. The molecule has 4 heteroatoms. The number of aryl methyl sites for hydroxylation is 1. The third kappa shape index (κ3) is 1.71. The molecule has 18 heavy (non-hydrogen) atoms. The highest BCUT2D eigenvalue weighted by Gasteiger charge is 2.13. The second kappa shape index (κ2) is 3.99. The lowest BCUT2D eigenvalue weighted by atomic mass is 10.1. The Balaban J connectivity index is 2.15. The van der Waals surface area contributed by atoms with E-state index < -0.39 is 0 Å². The van der Waals surface area contributed by atoms with E-state index in [2.05, 4.69) is 35.1 Å². The minimum absolute atomic E-state index is 0.141. The number of H-pyrrole nitrogens is 1. The van der Waals surface area contributed by atoms with Crippen molar-refractivity contribution in [2.45, 2.75) is 19.9 Å². The van der Waals surface area contributed by atoms with Gasteiger partial charge >= 0.3 is 0 Å². The molecule has 0 bridgehead atoms. The molecule has 4 nitrogen and oxygen atoms in total. The molecule has 1 unspecified atom stereocenters. The van der Waals surface area contributed by atoms with Crippen molar-refractivity contribution >= 4 is 10.9 Å². The van der Waals surface area contributed by atoms with E-state index in [1.54, 1.807) is 6.20 Å². The third-order valence-electron chi connectivity index (χ3n) is 3.04. The van der Waals surface area contributed by atoms with Crippen LogP contribution in [0.15, 0.2) is 35.0 Å². The number of benzene rings is 1. The summed E-state index contributed by atoms with van der Waals surface area (Å²) in [6.07, 6.45) is 3.61. The summed E-state index contributed by atoms with van der Waals surface area (Å²) in [4.78, 5) is 7.51. The first-order valence-electron chi connectivity index (χ1n) is 5.94. The Morgan fingerprint density at radius 2 is 2.22 bits per heavy atom. The molecule has 0 saturated heterocycles. The summed E-state index contributed by atoms with van der Waals surface area (Å²) >= 11 is 0. The number of hydrogen-bond acceptors (Lipinski definition) is 3. The first kappa shape index (κ1) is 11.0. The number of oxazole rings is 1. The van der Waals surface area contributed by atoms with E-state index in [1.165, 1.54) is 5.56 Å². The first-order valence-corrected chi connectivity index (χ1v) is 5.94. The molecule has 3 rings (SSSR count). The Hall–Kier alpha value is -2.07. The molecule has 0 spiro atoms. The van der Waals surface area contributed by atoms with Crippen LogP contribution in [0.5, 0.6) is 0 Å². The van der Waals surface area contributed by atoms with Crippen LogP contribution in [0.25, 0.3) is 22.4 Å². The number of nitrogens with zero attached hydrogens (tertiary/aromatic N) is 1. The summed E-state index contributed by atoms with van der Waals surface area (Å²) in [5.41, 5.74) is 9.04. The molecule has 1 aromatic carbocycles. The summed E-state index contributed by atoms with van der Waals surface area (Å²) in [5, 5.41) is 1.12. The van der Waals surface area contributed by atoms with Gasteiger partial charge in [-0.05, 0) is 26.0 Å². The van der Waals surface area contributed by atoms with E-state index in [-0.39, 0.29) is 6.04 Å². The smallest absolute Gasteiger partial charge is 0.228 e. The number of nitrogens with one attached hydrogen (secondary N) is 1. The Kier molecular flexibility index (Phi) is 2.45. The molecule has 0 saturated carbocycles. The number of aromatic nitrogens is 2. The summed E-state index contributed by atoms with van der Waals surface area (Å²) in [6.45, 7) is 3.95. The van der Waals surface area contributed by atoms with Crippen molar-refractivity contribution in [3.63, 3.8) is 0 Å². The largest absolute Gasteiger partial charge is 0.439 e. The van der Waals surface area contributed by atoms with Crippen molar-refractivity contribution in [3.05, 3.63) is 41.9 Å². The number of nitrogens with two attached hydrogens (primary N) is 1. The van der Waals surface area contributed by atoms with Gasteiger partial charge in [0.25, 0.3) is 0 Å². The van der Waals surface area contributed by atoms with Gasteiger partial charge < -0.3 is 15.1 Å². The molecule has 92 valence electrons. The molecule has 0 radical (unpaired) electrons. The van der Waals surface area contributed by atoms with Crippen molar-refractivity contribution in [1.82, 2.24) is 9.97 Å². The van der Waals surface area contributed by atoms with Gasteiger partial charge in [0, 0.05) is 17.1 Å². The summed E-state index contributed by atoms with van der Waals surface area (Å²) in [7, 11) is 0. The monoisotopic (exact) mass is 241 g/mol. The number of hydrogen-bond donors (Lipinski definition) is 2. The van der Waals surface area contributed by atoms with Crippen LogP contribution >= 0.6 is 0 Å². The molecule has 0 aliphatic heterocycles. The zero-order valence-corrected chi connectivity index (χ0v) is 10.4. The minimum Gasteiger partial charge on any atom is -0.439 e. The van der Waals surface area contributed by atoms with Gasteiger partial charge in [-0.25, -0.2) is 4.98 Å². The van der Waals surface area contributed by atoms with E-state index in [4.69, 9.17) is 10.2 Å². The van der Waals surface area contributed by atoms with E-state index in [9.17, 15) is 0 Å². The van der Waals surface area contributed by atoms with Gasteiger partial charge in [0.15, 0.2) is 0 Å². The number of rotatable bonds is 2. The van der Waals surface area contributed by atoms with Gasteiger partial charge in [-0.3, -0.25) is 0 Å². The third-order valence-corrected chi connectivity index (χ3v) is 3.04. The molecule has 2 heterocycles. The van der Waals surface area contributed by atoms with Crippen LogP contribution in [-0.4, -0.2) is 9.97 Å². The van der Waals surface area contributed by atoms with Gasteiger partial charge in [0.1, 0.15) is 5.76 Å². The fourth-order valence-corrected chi connectivity index (χ4v) is 2.03. The van der Waals surface area contributed by atoms with Crippen molar-refractivity contribution in [3.8, 4) is 11.5 Å². The van der Waals surface area contributed by atoms with E-state index in [0.29, 0.717) is 11.7 Å². The predicted molar refractivity (Wildman–Crippen MR) is 71.1 cm³/mol. The molecule has 2 aromatic heterocycles. The van der Waals surface area contributed by atoms with Gasteiger partial charge in [-0.2, -0.15) is 0 Å². The highest BCUT2D eigenvalue weighted by Crippen LogP contribution is 2.29.